The van der Waals surface area contributed by atoms with Gasteiger partial charge in [0.2, 0.25) is 0 Å². The summed E-state index contributed by atoms with van der Waals surface area (Å²) in [6.45, 7) is 2.45. The van der Waals surface area contributed by atoms with E-state index in [0.29, 0.717) is 34.4 Å². The van der Waals surface area contributed by atoms with Gasteiger partial charge in [-0.25, -0.2) is 0 Å². The van der Waals surface area contributed by atoms with Gasteiger partial charge in [-0.2, -0.15) is 0 Å². The average molecular weight is 360 g/mol. The number of benzene rings is 2. The molecule has 3 rings (SSSR count). The Labute approximate surface area is 150 Å². The van der Waals surface area contributed by atoms with Crippen LogP contribution >= 0.6 is 11.6 Å². The van der Waals surface area contributed by atoms with Gasteiger partial charge in [0.05, 0.1) is 25.8 Å². The van der Waals surface area contributed by atoms with E-state index < -0.39 is 5.97 Å². The number of carbonyl (C=O) groups is 1. The maximum atomic E-state index is 11.4. The number of fused-ring (bicyclic) bond motifs is 1. The summed E-state index contributed by atoms with van der Waals surface area (Å²) in [5, 5.41) is 10.7. The molecule has 0 bridgehead atoms. The minimum absolute atomic E-state index is 0.124. The van der Waals surface area contributed by atoms with Gasteiger partial charge in [0, 0.05) is 21.5 Å². The van der Waals surface area contributed by atoms with Gasteiger partial charge in [-0.15, -0.1) is 0 Å². The molecular weight excluding hydrogens is 342 g/mol. The number of methoxy groups -OCH3 is 1. The second-order valence-corrected chi connectivity index (χ2v) is 5.97. The standard InChI is InChI=1S/C19H18ClNO4/c1-3-25-12-5-6-16-13(9-12)14(10-18(22)23)19(21-16)15-8-11(20)4-7-17(15)24-2/h4-9,21H,3,10H2,1-2H3,(H,22,23). The maximum Gasteiger partial charge on any atom is 0.307 e. The number of aromatic amines is 1. The lowest BCUT2D eigenvalue weighted by atomic mass is 10.0. The molecule has 0 aliphatic carbocycles. The number of halogens is 1. The van der Waals surface area contributed by atoms with Crippen molar-refractivity contribution in [1.82, 2.24) is 4.98 Å². The van der Waals surface area contributed by atoms with Crippen molar-refractivity contribution in [2.45, 2.75) is 13.3 Å². The van der Waals surface area contributed by atoms with Crippen molar-refractivity contribution in [2.75, 3.05) is 13.7 Å². The molecular formula is C19H18ClNO4. The summed E-state index contributed by atoms with van der Waals surface area (Å²) in [6.07, 6.45) is -0.124. The molecule has 0 aliphatic heterocycles. The zero-order valence-corrected chi connectivity index (χ0v) is 14.7. The molecule has 1 aromatic heterocycles. The zero-order chi connectivity index (χ0) is 18.0. The molecule has 1 heterocycles. The summed E-state index contributed by atoms with van der Waals surface area (Å²) < 4.78 is 11.0. The van der Waals surface area contributed by atoms with Crippen LogP contribution in [0.4, 0.5) is 0 Å². The number of carboxylic acids is 1. The van der Waals surface area contributed by atoms with Crippen molar-refractivity contribution in [1.29, 1.82) is 0 Å². The van der Waals surface area contributed by atoms with Crippen molar-refractivity contribution in [3.05, 3.63) is 47.0 Å². The monoisotopic (exact) mass is 359 g/mol. The fraction of sp³-hybridized carbons (Fsp3) is 0.211. The van der Waals surface area contributed by atoms with E-state index in [1.807, 2.05) is 25.1 Å². The Kier molecular flexibility index (Phi) is 4.86. The largest absolute Gasteiger partial charge is 0.496 e. The fourth-order valence-electron chi connectivity index (χ4n) is 2.92. The van der Waals surface area contributed by atoms with E-state index in [-0.39, 0.29) is 6.42 Å². The van der Waals surface area contributed by atoms with E-state index in [9.17, 15) is 9.90 Å². The van der Waals surface area contributed by atoms with E-state index in [1.165, 1.54) is 0 Å². The summed E-state index contributed by atoms with van der Waals surface area (Å²) in [5.74, 6) is 0.405. The van der Waals surface area contributed by atoms with Gasteiger partial charge in [-0.3, -0.25) is 4.79 Å². The molecule has 5 nitrogen and oxygen atoms in total. The summed E-state index contributed by atoms with van der Waals surface area (Å²) in [4.78, 5) is 14.7. The summed E-state index contributed by atoms with van der Waals surface area (Å²) in [7, 11) is 1.57. The molecule has 0 amide bonds. The molecule has 0 fully saturated rings. The molecule has 0 atom stereocenters. The minimum Gasteiger partial charge on any atom is -0.496 e. The summed E-state index contributed by atoms with van der Waals surface area (Å²) in [6, 6.07) is 10.8. The number of ether oxygens (including phenoxy) is 2. The van der Waals surface area contributed by atoms with Gasteiger partial charge in [-0.1, -0.05) is 11.6 Å². The minimum atomic E-state index is -0.912. The highest BCUT2D eigenvalue weighted by molar-refractivity contribution is 6.31. The summed E-state index contributed by atoms with van der Waals surface area (Å²) in [5.41, 5.74) is 2.91. The van der Waals surface area contributed by atoms with Gasteiger partial charge in [0.1, 0.15) is 11.5 Å². The molecule has 2 N–H and O–H groups in total. The Balaban J connectivity index is 2.27. The predicted octanol–water partition coefficient (Wildman–Crippen LogP) is 4.52. The quantitative estimate of drug-likeness (QED) is 0.678. The molecule has 0 saturated carbocycles. The Hall–Kier alpha value is -2.66. The van der Waals surface area contributed by atoms with Crippen molar-refractivity contribution < 1.29 is 19.4 Å². The molecule has 0 spiro atoms. The molecule has 130 valence electrons. The van der Waals surface area contributed by atoms with Crippen LogP contribution in [0, 0.1) is 0 Å². The number of nitrogens with one attached hydrogen (secondary N) is 1. The fourth-order valence-corrected chi connectivity index (χ4v) is 3.10. The first-order valence-electron chi connectivity index (χ1n) is 7.86. The molecule has 2 aromatic carbocycles. The second-order valence-electron chi connectivity index (χ2n) is 5.53. The first-order valence-corrected chi connectivity index (χ1v) is 8.24. The van der Waals surface area contributed by atoms with E-state index in [4.69, 9.17) is 21.1 Å². The molecule has 0 radical (unpaired) electrons. The number of aromatic nitrogens is 1. The number of carboxylic acid groups (broad SMARTS) is 1. The van der Waals surface area contributed by atoms with Crippen molar-refractivity contribution >= 4 is 28.5 Å². The lowest BCUT2D eigenvalue weighted by Crippen LogP contribution is -2.01. The van der Waals surface area contributed by atoms with Crippen LogP contribution < -0.4 is 9.47 Å². The lowest BCUT2D eigenvalue weighted by molar-refractivity contribution is -0.136. The molecule has 0 aliphatic rings. The van der Waals surface area contributed by atoms with Crippen molar-refractivity contribution in [3.8, 4) is 22.8 Å². The Morgan fingerprint density at radius 2 is 2.04 bits per heavy atom. The van der Waals surface area contributed by atoms with Crippen LogP contribution in [0.15, 0.2) is 36.4 Å². The van der Waals surface area contributed by atoms with Gasteiger partial charge < -0.3 is 19.6 Å². The Morgan fingerprint density at radius 3 is 2.72 bits per heavy atom. The van der Waals surface area contributed by atoms with Gasteiger partial charge in [-0.05, 0) is 48.9 Å². The molecule has 25 heavy (non-hydrogen) atoms. The smallest absolute Gasteiger partial charge is 0.307 e. The highest BCUT2D eigenvalue weighted by Crippen LogP contribution is 2.38. The van der Waals surface area contributed by atoms with Gasteiger partial charge in [0.15, 0.2) is 0 Å². The van der Waals surface area contributed by atoms with E-state index in [1.54, 1.807) is 25.3 Å². The van der Waals surface area contributed by atoms with Crippen molar-refractivity contribution in [2.24, 2.45) is 0 Å². The summed E-state index contributed by atoms with van der Waals surface area (Å²) >= 11 is 6.14. The second kappa shape index (κ2) is 7.07. The first kappa shape index (κ1) is 17.2. The van der Waals surface area contributed by atoms with Gasteiger partial charge in [0.25, 0.3) is 0 Å². The van der Waals surface area contributed by atoms with Crippen LogP contribution in [0.5, 0.6) is 11.5 Å². The molecule has 6 heteroatoms. The number of aliphatic carboxylic acids is 1. The third kappa shape index (κ3) is 3.42. The molecule has 3 aromatic rings. The average Bonchev–Trinajstić information content (AvgIpc) is 2.92. The highest BCUT2D eigenvalue weighted by Gasteiger charge is 2.19. The SMILES string of the molecule is CCOc1ccc2[nH]c(-c3cc(Cl)ccc3OC)c(CC(=O)O)c2c1. The highest BCUT2D eigenvalue weighted by atomic mass is 35.5. The molecule has 0 unspecified atom stereocenters. The number of hydrogen-bond acceptors (Lipinski definition) is 3. The van der Waals surface area contributed by atoms with Gasteiger partial charge >= 0.3 is 5.97 Å². The Morgan fingerprint density at radius 1 is 1.24 bits per heavy atom. The number of hydrogen-bond donors (Lipinski definition) is 2. The van der Waals surface area contributed by atoms with Crippen LogP contribution in [0.2, 0.25) is 5.02 Å². The third-order valence-corrected chi connectivity index (χ3v) is 4.18. The van der Waals surface area contributed by atoms with Crippen LogP contribution in [-0.2, 0) is 11.2 Å². The number of H-pyrrole nitrogens is 1. The zero-order valence-electron chi connectivity index (χ0n) is 13.9. The number of rotatable bonds is 6. The van der Waals surface area contributed by atoms with E-state index in [0.717, 1.165) is 16.5 Å². The first-order chi connectivity index (χ1) is 12.0. The van der Waals surface area contributed by atoms with Crippen LogP contribution in [0.3, 0.4) is 0 Å². The van der Waals surface area contributed by atoms with E-state index in [2.05, 4.69) is 4.98 Å². The topological polar surface area (TPSA) is 71.5 Å². The van der Waals surface area contributed by atoms with Crippen LogP contribution in [0.1, 0.15) is 12.5 Å². The Bertz CT molecular complexity index is 933. The van der Waals surface area contributed by atoms with Crippen LogP contribution in [0.25, 0.3) is 22.2 Å². The third-order valence-electron chi connectivity index (χ3n) is 3.95. The van der Waals surface area contributed by atoms with Crippen LogP contribution in [-0.4, -0.2) is 29.8 Å². The maximum absolute atomic E-state index is 11.4. The van der Waals surface area contributed by atoms with E-state index >= 15 is 0 Å². The van der Waals surface area contributed by atoms with Crippen molar-refractivity contribution in [3.63, 3.8) is 0 Å². The normalized spacial score (nSPS) is 10.8. The molecule has 0 saturated heterocycles. The lowest BCUT2D eigenvalue weighted by Gasteiger charge is -2.09. The predicted molar refractivity (Wildman–Crippen MR) is 97.8 cm³/mol.